The SMILES string of the molecule is C=C(/C=C/c1ccc(OC)c(OC)c1)O[Si](C)(C)C. The zero-order valence-electron chi connectivity index (χ0n) is 12.3. The van der Waals surface area contributed by atoms with Crippen LogP contribution < -0.4 is 9.47 Å². The number of allylic oxidation sites excluding steroid dienone is 1. The quantitative estimate of drug-likeness (QED) is 0.446. The summed E-state index contributed by atoms with van der Waals surface area (Å²) in [7, 11) is 1.66. The van der Waals surface area contributed by atoms with Crippen molar-refractivity contribution in [3.05, 3.63) is 42.2 Å². The van der Waals surface area contributed by atoms with Gasteiger partial charge >= 0.3 is 0 Å². The molecule has 0 heterocycles. The highest BCUT2D eigenvalue weighted by Crippen LogP contribution is 2.28. The van der Waals surface area contributed by atoms with Gasteiger partial charge in [0.15, 0.2) is 11.5 Å². The highest BCUT2D eigenvalue weighted by molar-refractivity contribution is 6.70. The summed E-state index contributed by atoms with van der Waals surface area (Å²) < 4.78 is 16.2. The van der Waals surface area contributed by atoms with Crippen LogP contribution in [0, 0.1) is 0 Å². The number of benzene rings is 1. The molecule has 0 aliphatic rings. The Labute approximate surface area is 116 Å². The molecule has 1 aromatic carbocycles. The zero-order chi connectivity index (χ0) is 14.5. The van der Waals surface area contributed by atoms with E-state index in [0.29, 0.717) is 11.5 Å². The van der Waals surface area contributed by atoms with Crippen molar-refractivity contribution >= 4 is 14.4 Å². The fourth-order valence-corrected chi connectivity index (χ4v) is 2.43. The van der Waals surface area contributed by atoms with E-state index in [1.165, 1.54) is 0 Å². The number of hydrogen-bond donors (Lipinski definition) is 0. The monoisotopic (exact) mass is 278 g/mol. The third-order valence-electron chi connectivity index (χ3n) is 2.31. The van der Waals surface area contributed by atoms with E-state index in [9.17, 15) is 0 Å². The molecule has 3 nitrogen and oxygen atoms in total. The predicted octanol–water partition coefficient (Wildman–Crippen LogP) is 4.08. The van der Waals surface area contributed by atoms with Crippen LogP contribution in [0.3, 0.4) is 0 Å². The third-order valence-corrected chi connectivity index (χ3v) is 3.18. The summed E-state index contributed by atoms with van der Waals surface area (Å²) in [6.07, 6.45) is 3.82. The molecule has 0 unspecified atom stereocenters. The molecule has 0 bridgehead atoms. The highest BCUT2D eigenvalue weighted by Gasteiger charge is 2.15. The third kappa shape index (κ3) is 5.22. The lowest BCUT2D eigenvalue weighted by Crippen LogP contribution is -2.23. The van der Waals surface area contributed by atoms with Crippen molar-refractivity contribution in [2.24, 2.45) is 0 Å². The largest absolute Gasteiger partial charge is 0.545 e. The topological polar surface area (TPSA) is 27.7 Å². The van der Waals surface area contributed by atoms with Gasteiger partial charge in [0.05, 0.1) is 20.0 Å². The molecule has 0 spiro atoms. The van der Waals surface area contributed by atoms with Crippen LogP contribution in [-0.2, 0) is 4.43 Å². The molecule has 0 aliphatic carbocycles. The molecule has 0 N–H and O–H groups in total. The van der Waals surface area contributed by atoms with Crippen LogP contribution in [0.5, 0.6) is 11.5 Å². The molecule has 1 rings (SSSR count). The Bertz CT molecular complexity index is 473. The second kappa shape index (κ2) is 6.47. The molecular formula is C15H22O3Si. The average molecular weight is 278 g/mol. The van der Waals surface area contributed by atoms with Crippen molar-refractivity contribution in [1.82, 2.24) is 0 Å². The zero-order valence-corrected chi connectivity index (χ0v) is 13.3. The summed E-state index contributed by atoms with van der Waals surface area (Å²) in [5, 5.41) is 0. The van der Waals surface area contributed by atoms with Gasteiger partial charge in [-0.15, -0.1) is 0 Å². The van der Waals surface area contributed by atoms with Crippen LogP contribution >= 0.6 is 0 Å². The van der Waals surface area contributed by atoms with E-state index in [0.717, 1.165) is 11.3 Å². The number of methoxy groups -OCH3 is 2. The predicted molar refractivity (Wildman–Crippen MR) is 82.2 cm³/mol. The molecule has 1 aromatic rings. The molecule has 0 saturated carbocycles. The van der Waals surface area contributed by atoms with Crippen LogP contribution in [0.4, 0.5) is 0 Å². The fraction of sp³-hybridized carbons (Fsp3) is 0.333. The second-order valence-corrected chi connectivity index (χ2v) is 9.56. The first kappa shape index (κ1) is 15.4. The summed E-state index contributed by atoms with van der Waals surface area (Å²) >= 11 is 0. The van der Waals surface area contributed by atoms with Crippen molar-refractivity contribution < 1.29 is 13.9 Å². The number of ether oxygens (including phenoxy) is 2. The Morgan fingerprint density at radius 2 is 1.74 bits per heavy atom. The van der Waals surface area contributed by atoms with Crippen LogP contribution in [0.15, 0.2) is 36.6 Å². The van der Waals surface area contributed by atoms with E-state index in [4.69, 9.17) is 13.9 Å². The van der Waals surface area contributed by atoms with Crippen molar-refractivity contribution in [3.63, 3.8) is 0 Å². The van der Waals surface area contributed by atoms with Gasteiger partial charge in [0.1, 0.15) is 0 Å². The van der Waals surface area contributed by atoms with E-state index in [1.54, 1.807) is 14.2 Å². The average Bonchev–Trinajstić information content (AvgIpc) is 2.33. The molecule has 0 amide bonds. The molecule has 0 atom stereocenters. The van der Waals surface area contributed by atoms with E-state index in [2.05, 4.69) is 26.2 Å². The summed E-state index contributed by atoms with van der Waals surface area (Å²) in [6.45, 7) is 10.3. The van der Waals surface area contributed by atoms with Gasteiger partial charge in [-0.25, -0.2) is 0 Å². The fourth-order valence-electron chi connectivity index (χ4n) is 1.57. The van der Waals surface area contributed by atoms with Gasteiger partial charge in [0.25, 0.3) is 0 Å². The minimum absolute atomic E-state index is 0.689. The summed E-state index contributed by atoms with van der Waals surface area (Å²) in [5.74, 6) is 2.12. The van der Waals surface area contributed by atoms with Gasteiger partial charge in [0.2, 0.25) is 8.32 Å². The van der Waals surface area contributed by atoms with Crippen molar-refractivity contribution in [2.45, 2.75) is 19.6 Å². The van der Waals surface area contributed by atoms with Crippen molar-refractivity contribution in [3.8, 4) is 11.5 Å². The molecule has 0 fully saturated rings. The van der Waals surface area contributed by atoms with Crippen molar-refractivity contribution in [2.75, 3.05) is 14.2 Å². The number of hydrogen-bond acceptors (Lipinski definition) is 3. The Balaban J connectivity index is 2.80. The van der Waals surface area contributed by atoms with Gasteiger partial charge in [-0.2, -0.15) is 0 Å². The second-order valence-electron chi connectivity index (χ2n) is 5.13. The molecule has 0 aliphatic heterocycles. The van der Waals surface area contributed by atoms with Crippen LogP contribution in [0.1, 0.15) is 5.56 Å². The van der Waals surface area contributed by atoms with Gasteiger partial charge in [0, 0.05) is 0 Å². The normalized spacial score (nSPS) is 11.4. The van der Waals surface area contributed by atoms with Gasteiger partial charge in [-0.05, 0) is 43.4 Å². The van der Waals surface area contributed by atoms with E-state index < -0.39 is 8.32 Å². The van der Waals surface area contributed by atoms with E-state index in [-0.39, 0.29) is 0 Å². The van der Waals surface area contributed by atoms with Gasteiger partial charge in [-0.1, -0.05) is 18.7 Å². The van der Waals surface area contributed by atoms with E-state index in [1.807, 2.05) is 30.4 Å². The summed E-state index contributed by atoms with van der Waals surface area (Å²) in [6, 6.07) is 5.75. The Morgan fingerprint density at radius 3 is 2.26 bits per heavy atom. The molecule has 19 heavy (non-hydrogen) atoms. The standard InChI is InChI=1S/C15H22O3Si/c1-12(18-19(4,5)6)7-8-13-9-10-14(16-2)15(11-13)17-3/h7-11H,1H2,2-6H3/b8-7+. The van der Waals surface area contributed by atoms with Gasteiger partial charge in [-0.3, -0.25) is 0 Å². The maximum Gasteiger partial charge on any atom is 0.242 e. The first-order valence-electron chi connectivity index (χ1n) is 6.14. The number of rotatable bonds is 6. The molecule has 0 saturated heterocycles. The first-order chi connectivity index (χ1) is 8.85. The molecular weight excluding hydrogens is 256 g/mol. The molecule has 0 radical (unpaired) electrons. The van der Waals surface area contributed by atoms with Crippen LogP contribution in [0.25, 0.3) is 6.08 Å². The first-order valence-corrected chi connectivity index (χ1v) is 9.54. The maximum atomic E-state index is 5.76. The Kier molecular flexibility index (Phi) is 5.24. The van der Waals surface area contributed by atoms with E-state index >= 15 is 0 Å². The molecule has 104 valence electrons. The van der Waals surface area contributed by atoms with Crippen molar-refractivity contribution in [1.29, 1.82) is 0 Å². The maximum absolute atomic E-state index is 5.76. The summed E-state index contributed by atoms with van der Waals surface area (Å²) in [4.78, 5) is 0. The smallest absolute Gasteiger partial charge is 0.242 e. The lowest BCUT2D eigenvalue weighted by molar-refractivity contribution is 0.355. The Morgan fingerprint density at radius 1 is 1.11 bits per heavy atom. The van der Waals surface area contributed by atoms with Gasteiger partial charge < -0.3 is 13.9 Å². The minimum atomic E-state index is -1.59. The van der Waals surface area contributed by atoms with Crippen LogP contribution in [-0.4, -0.2) is 22.5 Å². The lowest BCUT2D eigenvalue weighted by Gasteiger charge is -2.18. The highest BCUT2D eigenvalue weighted by atomic mass is 28.4. The minimum Gasteiger partial charge on any atom is -0.545 e. The molecule has 0 aromatic heterocycles. The summed E-state index contributed by atoms with van der Waals surface area (Å²) in [5.41, 5.74) is 1.01. The lowest BCUT2D eigenvalue weighted by atomic mass is 10.2. The van der Waals surface area contributed by atoms with Crippen LogP contribution in [0.2, 0.25) is 19.6 Å². The Hall–Kier alpha value is -1.68. The molecule has 4 heteroatoms.